The van der Waals surface area contributed by atoms with E-state index in [0.29, 0.717) is 43.6 Å². The van der Waals surface area contributed by atoms with Gasteiger partial charge in [-0.25, -0.2) is 0 Å². The molecule has 7 heteroatoms. The highest BCUT2D eigenvalue weighted by Crippen LogP contribution is 2.32. The van der Waals surface area contributed by atoms with E-state index in [-0.39, 0.29) is 18.2 Å². The van der Waals surface area contributed by atoms with Gasteiger partial charge in [-0.3, -0.25) is 9.59 Å². The third kappa shape index (κ3) is 5.03. The molecule has 0 unspecified atom stereocenters. The van der Waals surface area contributed by atoms with Crippen LogP contribution in [0.15, 0.2) is 42.5 Å². The molecule has 160 valence electrons. The number of hydrogen-bond donors (Lipinski definition) is 1. The first-order valence-electron chi connectivity index (χ1n) is 10.3. The third-order valence-electron chi connectivity index (χ3n) is 4.77. The Balaban J connectivity index is 1.66. The number of hydrogen-bond acceptors (Lipinski definition) is 5. The summed E-state index contributed by atoms with van der Waals surface area (Å²) >= 11 is 0. The number of anilines is 2. The Morgan fingerprint density at radius 2 is 1.63 bits per heavy atom. The molecular weight excluding hydrogens is 384 g/mol. The molecule has 1 atom stereocenters. The maximum Gasteiger partial charge on any atom is 0.229 e. The van der Waals surface area contributed by atoms with Crippen LogP contribution in [-0.2, 0) is 9.59 Å². The number of nitrogens with one attached hydrogen (secondary N) is 1. The van der Waals surface area contributed by atoms with Gasteiger partial charge in [0.2, 0.25) is 11.8 Å². The van der Waals surface area contributed by atoms with Gasteiger partial charge in [0.1, 0.15) is 5.75 Å². The molecule has 2 amide bonds. The monoisotopic (exact) mass is 412 g/mol. The predicted octanol–water partition coefficient (Wildman–Crippen LogP) is 3.87. The summed E-state index contributed by atoms with van der Waals surface area (Å²) in [5.74, 6) is 1.28. The molecule has 0 saturated carbocycles. The summed E-state index contributed by atoms with van der Waals surface area (Å²) in [7, 11) is 0. The second kappa shape index (κ2) is 10.0. The lowest BCUT2D eigenvalue weighted by Gasteiger charge is -2.17. The topological polar surface area (TPSA) is 77.1 Å². The summed E-state index contributed by atoms with van der Waals surface area (Å²) in [4.78, 5) is 26.9. The average Bonchev–Trinajstić information content (AvgIpc) is 3.13. The number of ether oxygens (including phenoxy) is 3. The molecule has 0 aliphatic carbocycles. The van der Waals surface area contributed by atoms with Crippen molar-refractivity contribution < 1.29 is 23.8 Å². The Morgan fingerprint density at radius 1 is 0.967 bits per heavy atom. The van der Waals surface area contributed by atoms with Crippen molar-refractivity contribution in [1.82, 2.24) is 0 Å². The lowest BCUT2D eigenvalue weighted by atomic mass is 10.1. The van der Waals surface area contributed by atoms with Crippen molar-refractivity contribution in [2.75, 3.05) is 36.6 Å². The number of rotatable bonds is 9. The van der Waals surface area contributed by atoms with Gasteiger partial charge in [0.15, 0.2) is 11.5 Å². The quantitative estimate of drug-likeness (QED) is 0.676. The summed E-state index contributed by atoms with van der Waals surface area (Å²) in [5.41, 5.74) is 1.37. The summed E-state index contributed by atoms with van der Waals surface area (Å²) in [5, 5.41) is 2.90. The maximum absolute atomic E-state index is 12.8. The molecule has 1 N–H and O–H groups in total. The molecular formula is C23H28N2O5. The van der Waals surface area contributed by atoms with Crippen LogP contribution in [0.5, 0.6) is 17.2 Å². The molecule has 3 rings (SSSR count). The van der Waals surface area contributed by atoms with Crippen molar-refractivity contribution in [3.8, 4) is 17.2 Å². The molecule has 1 aliphatic heterocycles. The number of carbonyl (C=O) groups is 2. The minimum absolute atomic E-state index is 0.0685. The fraction of sp³-hybridized carbons (Fsp3) is 0.391. The summed E-state index contributed by atoms with van der Waals surface area (Å²) in [6, 6.07) is 12.6. The summed E-state index contributed by atoms with van der Waals surface area (Å²) < 4.78 is 16.6. The van der Waals surface area contributed by atoms with Crippen molar-refractivity contribution in [2.24, 2.45) is 5.92 Å². The summed E-state index contributed by atoms with van der Waals surface area (Å²) in [6.07, 6.45) is 0.175. The number of benzene rings is 2. The van der Waals surface area contributed by atoms with Crippen LogP contribution in [0.3, 0.4) is 0 Å². The van der Waals surface area contributed by atoms with E-state index in [0.717, 1.165) is 11.4 Å². The van der Waals surface area contributed by atoms with Crippen LogP contribution in [0.4, 0.5) is 11.4 Å². The van der Waals surface area contributed by atoms with Gasteiger partial charge in [-0.2, -0.15) is 0 Å². The smallest absolute Gasteiger partial charge is 0.229 e. The highest BCUT2D eigenvalue weighted by Gasteiger charge is 2.35. The van der Waals surface area contributed by atoms with Gasteiger partial charge in [-0.1, -0.05) is 0 Å². The zero-order valence-electron chi connectivity index (χ0n) is 17.6. The van der Waals surface area contributed by atoms with Crippen molar-refractivity contribution in [3.05, 3.63) is 42.5 Å². The van der Waals surface area contributed by atoms with E-state index >= 15 is 0 Å². The molecule has 1 saturated heterocycles. The first kappa shape index (κ1) is 21.5. The Bertz CT molecular complexity index is 882. The second-order valence-electron chi connectivity index (χ2n) is 6.85. The predicted molar refractivity (Wildman–Crippen MR) is 115 cm³/mol. The molecule has 1 aliphatic rings. The van der Waals surface area contributed by atoms with Crippen molar-refractivity contribution in [1.29, 1.82) is 0 Å². The van der Waals surface area contributed by atoms with Gasteiger partial charge in [-0.05, 0) is 57.2 Å². The highest BCUT2D eigenvalue weighted by molar-refractivity contribution is 6.03. The maximum atomic E-state index is 12.8. The largest absolute Gasteiger partial charge is 0.494 e. The normalized spacial score (nSPS) is 15.8. The van der Waals surface area contributed by atoms with E-state index < -0.39 is 5.92 Å². The van der Waals surface area contributed by atoms with Crippen LogP contribution < -0.4 is 24.4 Å². The van der Waals surface area contributed by atoms with Gasteiger partial charge in [0, 0.05) is 30.4 Å². The Morgan fingerprint density at radius 3 is 2.30 bits per heavy atom. The molecule has 2 aromatic rings. The molecule has 1 fully saturated rings. The van der Waals surface area contributed by atoms with E-state index in [9.17, 15) is 9.59 Å². The first-order valence-corrected chi connectivity index (χ1v) is 10.3. The average molecular weight is 412 g/mol. The fourth-order valence-electron chi connectivity index (χ4n) is 3.39. The van der Waals surface area contributed by atoms with E-state index in [4.69, 9.17) is 14.2 Å². The van der Waals surface area contributed by atoms with E-state index in [2.05, 4.69) is 5.32 Å². The van der Waals surface area contributed by atoms with Gasteiger partial charge in [0.05, 0.1) is 25.7 Å². The SMILES string of the molecule is CCOc1ccc(N2C[C@H](C(=O)Nc3ccc(OCC)c(OCC)c3)CC2=O)cc1. The minimum atomic E-state index is -0.425. The standard InChI is InChI=1S/C23H28N2O5/c1-4-28-19-10-8-18(9-11-19)25-15-16(13-22(25)26)23(27)24-17-7-12-20(29-5-2)21(14-17)30-6-3/h7-12,14,16H,4-6,13,15H2,1-3H3,(H,24,27)/t16-/m1/s1. The van der Waals surface area contributed by atoms with Crippen molar-refractivity contribution >= 4 is 23.2 Å². The number of carbonyl (C=O) groups excluding carboxylic acids is 2. The van der Waals surface area contributed by atoms with Crippen LogP contribution in [0.2, 0.25) is 0 Å². The molecule has 0 radical (unpaired) electrons. The van der Waals surface area contributed by atoms with Crippen LogP contribution in [0.1, 0.15) is 27.2 Å². The molecule has 1 heterocycles. The summed E-state index contributed by atoms with van der Waals surface area (Å²) in [6.45, 7) is 7.65. The lowest BCUT2D eigenvalue weighted by Crippen LogP contribution is -2.28. The lowest BCUT2D eigenvalue weighted by molar-refractivity contribution is -0.122. The van der Waals surface area contributed by atoms with Gasteiger partial charge in [-0.15, -0.1) is 0 Å². The molecule has 30 heavy (non-hydrogen) atoms. The van der Waals surface area contributed by atoms with Gasteiger partial charge in [0.25, 0.3) is 0 Å². The zero-order valence-corrected chi connectivity index (χ0v) is 17.6. The molecule has 2 aromatic carbocycles. The van der Waals surface area contributed by atoms with Crippen LogP contribution >= 0.6 is 0 Å². The zero-order chi connectivity index (χ0) is 21.5. The number of nitrogens with zero attached hydrogens (tertiary/aromatic N) is 1. The molecule has 0 aromatic heterocycles. The highest BCUT2D eigenvalue weighted by atomic mass is 16.5. The third-order valence-corrected chi connectivity index (χ3v) is 4.77. The van der Waals surface area contributed by atoms with Gasteiger partial charge < -0.3 is 24.4 Å². The first-order chi connectivity index (χ1) is 14.5. The Hall–Kier alpha value is -3.22. The van der Waals surface area contributed by atoms with E-state index in [1.165, 1.54) is 0 Å². The Labute approximate surface area is 176 Å². The van der Waals surface area contributed by atoms with Crippen molar-refractivity contribution in [3.63, 3.8) is 0 Å². The fourth-order valence-corrected chi connectivity index (χ4v) is 3.39. The van der Waals surface area contributed by atoms with Crippen LogP contribution in [0.25, 0.3) is 0 Å². The molecule has 7 nitrogen and oxygen atoms in total. The van der Waals surface area contributed by atoms with Crippen LogP contribution in [-0.4, -0.2) is 38.2 Å². The molecule has 0 spiro atoms. The number of amides is 2. The van der Waals surface area contributed by atoms with Crippen LogP contribution in [0, 0.1) is 5.92 Å². The van der Waals surface area contributed by atoms with E-state index in [1.54, 1.807) is 23.1 Å². The van der Waals surface area contributed by atoms with Crippen molar-refractivity contribution in [2.45, 2.75) is 27.2 Å². The van der Waals surface area contributed by atoms with E-state index in [1.807, 2.05) is 45.0 Å². The minimum Gasteiger partial charge on any atom is -0.494 e. The van der Waals surface area contributed by atoms with Gasteiger partial charge >= 0.3 is 0 Å². The molecule has 0 bridgehead atoms. The second-order valence-corrected chi connectivity index (χ2v) is 6.85. The Kier molecular flexibility index (Phi) is 7.17.